The second-order valence-corrected chi connectivity index (χ2v) is 2.85. The average molecular weight is 196 g/mol. The van der Waals surface area contributed by atoms with E-state index in [0.717, 1.165) is 24.5 Å². The van der Waals surface area contributed by atoms with E-state index in [1.807, 2.05) is 24.3 Å². The van der Waals surface area contributed by atoms with Gasteiger partial charge in [0.2, 0.25) is 0 Å². The summed E-state index contributed by atoms with van der Waals surface area (Å²) in [4.78, 5) is 0. The lowest BCUT2D eigenvalue weighted by molar-refractivity contribution is 0.170. The predicted molar refractivity (Wildman–Crippen MR) is 55.0 cm³/mol. The van der Waals surface area contributed by atoms with E-state index in [1.165, 1.54) is 0 Å². The lowest BCUT2D eigenvalue weighted by Crippen LogP contribution is -2.02. The zero-order valence-electron chi connectivity index (χ0n) is 8.66. The normalized spacial score (nSPS) is 9.86. The molecule has 3 nitrogen and oxygen atoms in total. The van der Waals surface area contributed by atoms with Crippen LogP contribution in [0.4, 0.5) is 0 Å². The molecule has 0 atom stereocenters. The van der Waals surface area contributed by atoms with Gasteiger partial charge in [0.1, 0.15) is 0 Å². The summed E-state index contributed by atoms with van der Waals surface area (Å²) < 4.78 is 15.6. The van der Waals surface area contributed by atoms with E-state index in [-0.39, 0.29) is 0 Å². The van der Waals surface area contributed by atoms with Crippen LogP contribution in [0.25, 0.3) is 0 Å². The summed E-state index contributed by atoms with van der Waals surface area (Å²) in [6.45, 7) is 1.36. The van der Waals surface area contributed by atoms with Crippen LogP contribution in [0.15, 0.2) is 24.3 Å². The van der Waals surface area contributed by atoms with Crippen molar-refractivity contribution in [3.8, 4) is 11.5 Å². The van der Waals surface area contributed by atoms with Crippen molar-refractivity contribution < 1.29 is 14.2 Å². The average Bonchev–Trinajstić information content (AvgIpc) is 2.25. The Morgan fingerprint density at radius 1 is 1.00 bits per heavy atom. The van der Waals surface area contributed by atoms with Crippen molar-refractivity contribution >= 4 is 0 Å². The molecule has 0 bridgehead atoms. The molecular weight excluding hydrogens is 180 g/mol. The van der Waals surface area contributed by atoms with Gasteiger partial charge in [0.15, 0.2) is 11.5 Å². The van der Waals surface area contributed by atoms with Gasteiger partial charge < -0.3 is 14.2 Å². The highest BCUT2D eigenvalue weighted by Gasteiger charge is 2.00. The second-order valence-electron chi connectivity index (χ2n) is 2.85. The zero-order chi connectivity index (χ0) is 10.2. The molecule has 0 amide bonds. The molecule has 1 rings (SSSR count). The van der Waals surface area contributed by atoms with Gasteiger partial charge in [-0.15, -0.1) is 0 Å². The summed E-state index contributed by atoms with van der Waals surface area (Å²) in [5.74, 6) is 1.55. The van der Waals surface area contributed by atoms with Gasteiger partial charge in [-0.2, -0.15) is 0 Å². The number of benzene rings is 1. The summed E-state index contributed by atoms with van der Waals surface area (Å²) in [5.41, 5.74) is 0. The van der Waals surface area contributed by atoms with Crippen LogP contribution in [-0.2, 0) is 4.74 Å². The molecular formula is C11H16O3. The van der Waals surface area contributed by atoms with Gasteiger partial charge in [0.05, 0.1) is 13.7 Å². The van der Waals surface area contributed by atoms with E-state index in [9.17, 15) is 0 Å². The zero-order valence-corrected chi connectivity index (χ0v) is 8.66. The third kappa shape index (κ3) is 3.26. The van der Waals surface area contributed by atoms with Gasteiger partial charge in [-0.05, 0) is 12.1 Å². The molecule has 0 radical (unpaired) electrons. The Bertz CT molecular complexity index is 260. The van der Waals surface area contributed by atoms with Crippen LogP contribution >= 0.6 is 0 Å². The molecule has 0 fully saturated rings. The molecule has 78 valence electrons. The second kappa shape index (κ2) is 6.27. The third-order valence-electron chi connectivity index (χ3n) is 1.82. The Morgan fingerprint density at radius 2 is 1.71 bits per heavy atom. The minimum Gasteiger partial charge on any atom is -0.493 e. The number of hydrogen-bond acceptors (Lipinski definition) is 3. The van der Waals surface area contributed by atoms with Crippen LogP contribution in [0.5, 0.6) is 11.5 Å². The van der Waals surface area contributed by atoms with Crippen LogP contribution in [0.3, 0.4) is 0 Å². The maximum atomic E-state index is 5.53. The third-order valence-corrected chi connectivity index (χ3v) is 1.82. The standard InChI is InChI=1S/C11H16O3/c1-12-8-5-9-14-11-7-4-3-6-10(11)13-2/h3-4,6-7H,5,8-9H2,1-2H3. The fourth-order valence-corrected chi connectivity index (χ4v) is 1.12. The van der Waals surface area contributed by atoms with Crippen molar-refractivity contribution in [2.45, 2.75) is 6.42 Å². The molecule has 0 aliphatic heterocycles. The van der Waals surface area contributed by atoms with Gasteiger partial charge in [0.25, 0.3) is 0 Å². The highest BCUT2D eigenvalue weighted by Crippen LogP contribution is 2.25. The van der Waals surface area contributed by atoms with Crippen LogP contribution in [-0.4, -0.2) is 27.4 Å². The molecule has 1 aromatic rings. The number of methoxy groups -OCH3 is 2. The molecule has 0 saturated heterocycles. The molecule has 0 unspecified atom stereocenters. The number of para-hydroxylation sites is 2. The summed E-state index contributed by atoms with van der Waals surface area (Å²) >= 11 is 0. The van der Waals surface area contributed by atoms with Gasteiger partial charge in [-0.25, -0.2) is 0 Å². The first-order valence-corrected chi connectivity index (χ1v) is 4.63. The van der Waals surface area contributed by atoms with Crippen LogP contribution in [0.2, 0.25) is 0 Å². The van der Waals surface area contributed by atoms with E-state index in [2.05, 4.69) is 0 Å². The minimum atomic E-state index is 0.647. The van der Waals surface area contributed by atoms with Gasteiger partial charge in [-0.1, -0.05) is 12.1 Å². The quantitative estimate of drug-likeness (QED) is 0.652. The minimum absolute atomic E-state index is 0.647. The molecule has 0 heterocycles. The summed E-state index contributed by atoms with van der Waals surface area (Å²) in [6, 6.07) is 7.62. The van der Waals surface area contributed by atoms with Gasteiger partial charge in [-0.3, -0.25) is 0 Å². The monoisotopic (exact) mass is 196 g/mol. The molecule has 14 heavy (non-hydrogen) atoms. The number of hydrogen-bond donors (Lipinski definition) is 0. The Morgan fingerprint density at radius 3 is 2.36 bits per heavy atom. The Labute approximate surface area is 84.6 Å². The van der Waals surface area contributed by atoms with Crippen molar-refractivity contribution in [1.82, 2.24) is 0 Å². The van der Waals surface area contributed by atoms with Gasteiger partial charge >= 0.3 is 0 Å². The summed E-state index contributed by atoms with van der Waals surface area (Å²) in [5, 5.41) is 0. The Kier molecular flexibility index (Phi) is 4.86. The predicted octanol–water partition coefficient (Wildman–Crippen LogP) is 2.11. The molecule has 0 saturated carbocycles. The van der Waals surface area contributed by atoms with E-state index in [1.54, 1.807) is 14.2 Å². The summed E-state index contributed by atoms with van der Waals surface area (Å²) in [7, 11) is 3.32. The Hall–Kier alpha value is -1.22. The molecule has 0 N–H and O–H groups in total. The molecule has 1 aromatic carbocycles. The fourth-order valence-electron chi connectivity index (χ4n) is 1.12. The first-order chi connectivity index (χ1) is 6.88. The van der Waals surface area contributed by atoms with E-state index < -0.39 is 0 Å². The van der Waals surface area contributed by atoms with E-state index in [0.29, 0.717) is 6.61 Å². The SMILES string of the molecule is COCCCOc1ccccc1OC. The van der Waals surface area contributed by atoms with Crippen molar-refractivity contribution in [1.29, 1.82) is 0 Å². The first kappa shape index (κ1) is 10.9. The molecule has 3 heteroatoms. The number of rotatable bonds is 6. The smallest absolute Gasteiger partial charge is 0.161 e. The lowest BCUT2D eigenvalue weighted by atomic mass is 10.3. The molecule has 0 aliphatic carbocycles. The molecule has 0 aliphatic rings. The molecule has 0 spiro atoms. The van der Waals surface area contributed by atoms with Crippen molar-refractivity contribution in [2.24, 2.45) is 0 Å². The molecule has 0 aromatic heterocycles. The highest BCUT2D eigenvalue weighted by atomic mass is 16.5. The van der Waals surface area contributed by atoms with Crippen LogP contribution < -0.4 is 9.47 Å². The topological polar surface area (TPSA) is 27.7 Å². The maximum Gasteiger partial charge on any atom is 0.161 e. The first-order valence-electron chi connectivity index (χ1n) is 4.63. The van der Waals surface area contributed by atoms with Crippen molar-refractivity contribution in [2.75, 3.05) is 27.4 Å². The Balaban J connectivity index is 2.41. The van der Waals surface area contributed by atoms with Crippen molar-refractivity contribution in [3.63, 3.8) is 0 Å². The highest BCUT2D eigenvalue weighted by molar-refractivity contribution is 5.39. The van der Waals surface area contributed by atoms with E-state index in [4.69, 9.17) is 14.2 Å². The van der Waals surface area contributed by atoms with Crippen molar-refractivity contribution in [3.05, 3.63) is 24.3 Å². The maximum absolute atomic E-state index is 5.53. The van der Waals surface area contributed by atoms with Crippen LogP contribution in [0, 0.1) is 0 Å². The number of ether oxygens (including phenoxy) is 3. The van der Waals surface area contributed by atoms with Crippen LogP contribution in [0.1, 0.15) is 6.42 Å². The van der Waals surface area contributed by atoms with E-state index >= 15 is 0 Å². The van der Waals surface area contributed by atoms with Gasteiger partial charge in [0, 0.05) is 20.1 Å². The fraction of sp³-hybridized carbons (Fsp3) is 0.455. The summed E-state index contributed by atoms with van der Waals surface area (Å²) in [6.07, 6.45) is 0.883. The largest absolute Gasteiger partial charge is 0.493 e. The lowest BCUT2D eigenvalue weighted by Gasteiger charge is -2.09.